The van der Waals surface area contributed by atoms with Crippen LogP contribution >= 0.6 is 11.6 Å². The summed E-state index contributed by atoms with van der Waals surface area (Å²) < 4.78 is 27.1. The molecule has 1 heterocycles. The molecule has 7 nitrogen and oxygen atoms in total. The molecule has 1 fully saturated rings. The molecule has 0 radical (unpaired) electrons. The summed E-state index contributed by atoms with van der Waals surface area (Å²) in [6.07, 6.45) is 0. The maximum atomic E-state index is 12.9. The molecule has 0 aromatic heterocycles. The van der Waals surface area contributed by atoms with Crippen LogP contribution in [0.3, 0.4) is 0 Å². The zero-order valence-corrected chi connectivity index (χ0v) is 16.5. The molecule has 0 atom stereocenters. The van der Waals surface area contributed by atoms with Gasteiger partial charge < -0.3 is 4.90 Å². The Morgan fingerprint density at radius 2 is 1.89 bits per heavy atom. The number of rotatable bonds is 5. The van der Waals surface area contributed by atoms with Crippen LogP contribution in [0.15, 0.2) is 47.4 Å². The predicted octanol–water partition coefficient (Wildman–Crippen LogP) is 1.65. The highest BCUT2D eigenvalue weighted by Crippen LogP contribution is 2.24. The Hall–Kier alpha value is -2.00. The molecule has 0 saturated carbocycles. The van der Waals surface area contributed by atoms with Gasteiger partial charge in [-0.05, 0) is 25.1 Å². The van der Waals surface area contributed by atoms with Gasteiger partial charge >= 0.3 is 0 Å². The smallest absolute Gasteiger partial charge is 0.273 e. The molecule has 2 aromatic carbocycles. The van der Waals surface area contributed by atoms with Crippen molar-refractivity contribution < 1.29 is 18.2 Å². The maximum absolute atomic E-state index is 12.9. The van der Waals surface area contributed by atoms with Crippen molar-refractivity contribution in [3.05, 3.63) is 68.7 Å². The Balaban J connectivity index is 1.69. The van der Waals surface area contributed by atoms with E-state index in [0.717, 1.165) is 18.2 Å². The second-order valence-corrected chi connectivity index (χ2v) is 9.04. The summed E-state index contributed by atoms with van der Waals surface area (Å²) in [5.41, 5.74) is 1.37. The van der Waals surface area contributed by atoms with Crippen LogP contribution in [0.1, 0.15) is 11.1 Å². The van der Waals surface area contributed by atoms with Gasteiger partial charge in [0, 0.05) is 22.2 Å². The minimum Gasteiger partial charge on any atom is -0.329 e. The van der Waals surface area contributed by atoms with Gasteiger partial charge in [-0.3, -0.25) is 10.1 Å². The summed E-state index contributed by atoms with van der Waals surface area (Å²) in [6.45, 7) is 4.45. The predicted molar refractivity (Wildman–Crippen MR) is 102 cm³/mol. The van der Waals surface area contributed by atoms with E-state index in [2.05, 4.69) is 0 Å². The summed E-state index contributed by atoms with van der Waals surface area (Å²) in [5.74, 6) is 0. The van der Waals surface area contributed by atoms with Crippen LogP contribution in [0.25, 0.3) is 0 Å². The van der Waals surface area contributed by atoms with Crippen molar-refractivity contribution >= 4 is 27.3 Å². The third kappa shape index (κ3) is 4.47. The summed E-state index contributed by atoms with van der Waals surface area (Å²) in [5, 5.41) is 11.8. The van der Waals surface area contributed by atoms with Crippen LogP contribution in [-0.2, 0) is 16.6 Å². The Labute approximate surface area is 163 Å². The van der Waals surface area contributed by atoms with Crippen LogP contribution in [0, 0.1) is 17.0 Å². The standard InChI is InChI=1S/C18H20ClN3O4S/c1-14-5-6-17(12-18(14)22(23)24)27(25,26)21-9-7-20(8-10-21)13-15-3-2-4-16(19)11-15/h2-6,11-12H,7-10,13H2,1H3/p+1. The first-order valence-corrected chi connectivity index (χ1v) is 10.4. The van der Waals surface area contributed by atoms with E-state index in [4.69, 9.17) is 11.6 Å². The van der Waals surface area contributed by atoms with E-state index in [0.29, 0.717) is 36.8 Å². The minimum absolute atomic E-state index is 0.0295. The molecule has 1 aliphatic rings. The number of piperazine rings is 1. The highest BCUT2D eigenvalue weighted by Gasteiger charge is 2.31. The van der Waals surface area contributed by atoms with E-state index in [1.54, 1.807) is 6.92 Å². The van der Waals surface area contributed by atoms with E-state index < -0.39 is 14.9 Å². The molecule has 144 valence electrons. The van der Waals surface area contributed by atoms with Gasteiger partial charge in [0.15, 0.2) is 0 Å². The monoisotopic (exact) mass is 410 g/mol. The lowest BCUT2D eigenvalue weighted by Crippen LogP contribution is -3.13. The van der Waals surface area contributed by atoms with Gasteiger partial charge in [0.1, 0.15) is 6.54 Å². The lowest BCUT2D eigenvalue weighted by Gasteiger charge is -2.31. The first-order chi connectivity index (χ1) is 12.8. The van der Waals surface area contributed by atoms with Crippen molar-refractivity contribution in [3.8, 4) is 0 Å². The lowest BCUT2D eigenvalue weighted by molar-refractivity contribution is -0.917. The van der Waals surface area contributed by atoms with E-state index in [-0.39, 0.29) is 10.6 Å². The van der Waals surface area contributed by atoms with Crippen LogP contribution in [0.2, 0.25) is 5.02 Å². The average Bonchev–Trinajstić information content (AvgIpc) is 2.62. The number of nitrogens with zero attached hydrogens (tertiary/aromatic N) is 2. The number of hydrogen-bond acceptors (Lipinski definition) is 4. The van der Waals surface area contributed by atoms with E-state index in [1.165, 1.54) is 21.3 Å². The molecule has 0 bridgehead atoms. The van der Waals surface area contributed by atoms with Gasteiger partial charge in [-0.2, -0.15) is 4.31 Å². The average molecular weight is 411 g/mol. The Kier molecular flexibility index (Phi) is 5.81. The fourth-order valence-electron chi connectivity index (χ4n) is 3.25. The van der Waals surface area contributed by atoms with Gasteiger partial charge in [0.25, 0.3) is 5.69 Å². The van der Waals surface area contributed by atoms with Crippen molar-refractivity contribution in [2.75, 3.05) is 26.2 Å². The van der Waals surface area contributed by atoms with Crippen LogP contribution in [0.5, 0.6) is 0 Å². The first-order valence-electron chi connectivity index (χ1n) is 8.60. The van der Waals surface area contributed by atoms with Crippen LogP contribution < -0.4 is 4.90 Å². The third-order valence-electron chi connectivity index (χ3n) is 4.79. The first kappa shape index (κ1) is 19.8. The highest BCUT2D eigenvalue weighted by atomic mass is 35.5. The molecule has 0 unspecified atom stereocenters. The number of nitro groups is 1. The fourth-order valence-corrected chi connectivity index (χ4v) is 4.93. The van der Waals surface area contributed by atoms with Crippen molar-refractivity contribution in [3.63, 3.8) is 0 Å². The normalized spacial score (nSPS) is 16.4. The van der Waals surface area contributed by atoms with Crippen molar-refractivity contribution in [2.45, 2.75) is 18.4 Å². The molecule has 27 heavy (non-hydrogen) atoms. The number of aryl methyl sites for hydroxylation is 1. The zero-order valence-electron chi connectivity index (χ0n) is 14.9. The number of quaternary nitrogens is 1. The summed E-state index contributed by atoms with van der Waals surface area (Å²) >= 11 is 6.01. The molecular formula is C18H21ClN3O4S+. The molecular weight excluding hydrogens is 390 g/mol. The quantitative estimate of drug-likeness (QED) is 0.600. The summed E-state index contributed by atoms with van der Waals surface area (Å²) in [7, 11) is -3.74. The fraction of sp³-hybridized carbons (Fsp3) is 0.333. The van der Waals surface area contributed by atoms with Gasteiger partial charge in [-0.15, -0.1) is 0 Å². The Morgan fingerprint density at radius 1 is 1.19 bits per heavy atom. The van der Waals surface area contributed by atoms with Crippen molar-refractivity contribution in [1.82, 2.24) is 4.31 Å². The van der Waals surface area contributed by atoms with E-state index in [1.807, 2.05) is 24.3 Å². The molecule has 1 saturated heterocycles. The number of halogens is 1. The number of sulfonamides is 1. The molecule has 0 amide bonds. The minimum atomic E-state index is -3.74. The summed E-state index contributed by atoms with van der Waals surface area (Å²) in [6, 6.07) is 11.7. The largest absolute Gasteiger partial charge is 0.329 e. The molecule has 0 spiro atoms. The second-order valence-electron chi connectivity index (χ2n) is 6.67. The zero-order chi connectivity index (χ0) is 19.6. The lowest BCUT2D eigenvalue weighted by atomic mass is 10.2. The third-order valence-corrected chi connectivity index (χ3v) is 6.92. The van der Waals surface area contributed by atoms with E-state index in [9.17, 15) is 18.5 Å². The molecule has 1 aliphatic heterocycles. The number of benzene rings is 2. The van der Waals surface area contributed by atoms with Gasteiger partial charge in [0.2, 0.25) is 10.0 Å². The highest BCUT2D eigenvalue weighted by molar-refractivity contribution is 7.89. The molecule has 0 aliphatic carbocycles. The molecule has 1 N–H and O–H groups in total. The van der Waals surface area contributed by atoms with Crippen molar-refractivity contribution in [2.24, 2.45) is 0 Å². The van der Waals surface area contributed by atoms with E-state index >= 15 is 0 Å². The molecule has 3 rings (SSSR count). The number of hydrogen-bond donors (Lipinski definition) is 1. The van der Waals surface area contributed by atoms with Crippen LogP contribution in [0.4, 0.5) is 5.69 Å². The SMILES string of the molecule is Cc1ccc(S(=O)(=O)N2CC[NH+](Cc3cccc(Cl)c3)CC2)cc1[N+](=O)[O-]. The van der Waals surface area contributed by atoms with Gasteiger partial charge in [-0.1, -0.05) is 29.8 Å². The van der Waals surface area contributed by atoms with Gasteiger partial charge in [0.05, 0.1) is 36.0 Å². The number of nitrogens with one attached hydrogen (secondary N) is 1. The topological polar surface area (TPSA) is 85.0 Å². The molecule has 2 aromatic rings. The van der Waals surface area contributed by atoms with Gasteiger partial charge in [-0.25, -0.2) is 8.42 Å². The summed E-state index contributed by atoms with van der Waals surface area (Å²) in [4.78, 5) is 11.8. The molecule has 9 heteroatoms. The number of nitro benzene ring substituents is 1. The van der Waals surface area contributed by atoms with Crippen molar-refractivity contribution in [1.29, 1.82) is 0 Å². The second kappa shape index (κ2) is 7.93. The maximum Gasteiger partial charge on any atom is 0.273 e. The Bertz CT molecular complexity index is 957. The Morgan fingerprint density at radius 3 is 2.52 bits per heavy atom. The van der Waals surface area contributed by atoms with Crippen LogP contribution in [-0.4, -0.2) is 43.8 Å².